The van der Waals surface area contributed by atoms with Crippen LogP contribution in [-0.2, 0) is 11.8 Å². The maximum absolute atomic E-state index is 11.7. The van der Waals surface area contributed by atoms with Gasteiger partial charge in [0.2, 0.25) is 0 Å². The van der Waals surface area contributed by atoms with Gasteiger partial charge in [0.15, 0.2) is 0 Å². The van der Waals surface area contributed by atoms with E-state index in [0.717, 1.165) is 29.4 Å². The molecule has 0 saturated heterocycles. The third kappa shape index (κ3) is 4.38. The third-order valence-corrected chi connectivity index (χ3v) is 3.56. The summed E-state index contributed by atoms with van der Waals surface area (Å²) in [7, 11) is 1.79. The number of halogens is 1. The minimum atomic E-state index is -0.306. The van der Waals surface area contributed by atoms with Crippen LogP contribution in [0.15, 0.2) is 6.20 Å². The van der Waals surface area contributed by atoms with Crippen LogP contribution in [0.4, 0.5) is 0 Å². The molecule has 0 aliphatic carbocycles. The highest BCUT2D eigenvalue weighted by atomic mass is 127. The molecule has 0 radical (unpaired) electrons. The average Bonchev–Trinajstić information content (AvgIpc) is 2.64. The van der Waals surface area contributed by atoms with Crippen molar-refractivity contribution < 1.29 is 9.53 Å². The van der Waals surface area contributed by atoms with Crippen molar-refractivity contribution in [1.82, 2.24) is 9.78 Å². The van der Waals surface area contributed by atoms with Crippen LogP contribution in [-0.4, -0.2) is 22.4 Å². The van der Waals surface area contributed by atoms with Crippen molar-refractivity contribution >= 4 is 28.6 Å². The summed E-state index contributed by atoms with van der Waals surface area (Å²) in [6.07, 6.45) is 10.3. The van der Waals surface area contributed by atoms with Gasteiger partial charge in [0, 0.05) is 13.5 Å². The van der Waals surface area contributed by atoms with Crippen LogP contribution in [0.5, 0.6) is 0 Å². The van der Waals surface area contributed by atoms with E-state index >= 15 is 0 Å². The Bertz CT molecular complexity index is 421. The molecule has 0 fully saturated rings. The topological polar surface area (TPSA) is 44.1 Å². The molecule has 0 amide bonds. The first-order valence-electron chi connectivity index (χ1n) is 5.45. The number of aromatic nitrogens is 2. The van der Waals surface area contributed by atoms with Gasteiger partial charge in [-0.3, -0.25) is 4.68 Å². The standard InChI is InChI=1S/C12H15IN2O2/c1-3-4-5-6-7-8-17-12(16)10-9-14-15(2)11(10)13/h1,9H,4-8H2,2H3. The van der Waals surface area contributed by atoms with Crippen molar-refractivity contribution in [3.8, 4) is 12.3 Å². The minimum Gasteiger partial charge on any atom is -0.462 e. The van der Waals surface area contributed by atoms with E-state index < -0.39 is 0 Å². The first-order valence-corrected chi connectivity index (χ1v) is 6.52. The number of esters is 1. The van der Waals surface area contributed by atoms with E-state index in [0.29, 0.717) is 12.2 Å². The van der Waals surface area contributed by atoms with E-state index in [-0.39, 0.29) is 5.97 Å². The first-order chi connectivity index (χ1) is 8.16. The van der Waals surface area contributed by atoms with Gasteiger partial charge in [0.1, 0.15) is 9.26 Å². The van der Waals surface area contributed by atoms with Gasteiger partial charge < -0.3 is 4.74 Å². The van der Waals surface area contributed by atoms with Crippen molar-refractivity contribution in [2.45, 2.75) is 25.7 Å². The third-order valence-electron chi connectivity index (χ3n) is 2.28. The van der Waals surface area contributed by atoms with Crippen LogP contribution in [0.25, 0.3) is 0 Å². The molecule has 0 saturated carbocycles. The number of hydrogen-bond donors (Lipinski definition) is 0. The Hall–Kier alpha value is -1.03. The Labute approximate surface area is 115 Å². The Kier molecular flexibility index (Phi) is 6.05. The van der Waals surface area contributed by atoms with E-state index in [1.165, 1.54) is 6.20 Å². The second-order valence-electron chi connectivity index (χ2n) is 3.62. The van der Waals surface area contributed by atoms with E-state index in [1.54, 1.807) is 11.7 Å². The number of ether oxygens (including phenoxy) is 1. The number of aryl methyl sites for hydroxylation is 1. The highest BCUT2D eigenvalue weighted by Gasteiger charge is 2.14. The first kappa shape index (κ1) is 14.0. The summed E-state index contributed by atoms with van der Waals surface area (Å²) in [4.78, 5) is 11.7. The molecule has 5 heteroatoms. The van der Waals surface area contributed by atoms with Crippen LogP contribution >= 0.6 is 22.6 Å². The summed E-state index contributed by atoms with van der Waals surface area (Å²) < 4.78 is 7.59. The van der Waals surface area contributed by atoms with Crippen LogP contribution < -0.4 is 0 Å². The zero-order valence-electron chi connectivity index (χ0n) is 9.78. The second-order valence-corrected chi connectivity index (χ2v) is 4.65. The van der Waals surface area contributed by atoms with Crippen LogP contribution in [0.3, 0.4) is 0 Å². The number of hydrogen-bond acceptors (Lipinski definition) is 3. The Morgan fingerprint density at radius 1 is 1.59 bits per heavy atom. The van der Waals surface area contributed by atoms with Gasteiger partial charge in [-0.25, -0.2) is 4.79 Å². The molecular weight excluding hydrogens is 331 g/mol. The van der Waals surface area contributed by atoms with E-state index in [9.17, 15) is 4.79 Å². The fourth-order valence-electron chi connectivity index (χ4n) is 1.31. The number of terminal acetylenes is 1. The predicted octanol–water partition coefficient (Wildman–Crippen LogP) is 2.38. The van der Waals surface area contributed by atoms with Crippen molar-refractivity contribution in [2.24, 2.45) is 7.05 Å². The van der Waals surface area contributed by atoms with Gasteiger partial charge in [0.25, 0.3) is 0 Å². The number of carbonyl (C=O) groups is 1. The number of carbonyl (C=O) groups excluding carboxylic acids is 1. The molecule has 1 aromatic rings. The van der Waals surface area contributed by atoms with Crippen LogP contribution in [0, 0.1) is 16.0 Å². The average molecular weight is 346 g/mol. The molecule has 0 bridgehead atoms. The number of nitrogens with zero attached hydrogens (tertiary/aromatic N) is 2. The summed E-state index contributed by atoms with van der Waals surface area (Å²) >= 11 is 2.07. The summed E-state index contributed by atoms with van der Waals surface area (Å²) in [6, 6.07) is 0. The highest BCUT2D eigenvalue weighted by Crippen LogP contribution is 2.12. The molecule has 92 valence electrons. The minimum absolute atomic E-state index is 0.306. The molecule has 1 heterocycles. The summed E-state index contributed by atoms with van der Waals surface area (Å²) in [5.41, 5.74) is 0.525. The molecule has 17 heavy (non-hydrogen) atoms. The van der Waals surface area contributed by atoms with Crippen LogP contribution in [0.2, 0.25) is 0 Å². The zero-order chi connectivity index (χ0) is 12.7. The van der Waals surface area contributed by atoms with Gasteiger partial charge in [-0.2, -0.15) is 5.10 Å². The molecule has 0 aliphatic heterocycles. The maximum atomic E-state index is 11.7. The lowest BCUT2D eigenvalue weighted by molar-refractivity contribution is 0.0496. The number of rotatable bonds is 6. The van der Waals surface area contributed by atoms with Crippen LogP contribution in [0.1, 0.15) is 36.0 Å². The lowest BCUT2D eigenvalue weighted by atomic mass is 10.2. The fourth-order valence-corrected chi connectivity index (χ4v) is 1.79. The Morgan fingerprint density at radius 3 is 2.94 bits per heavy atom. The zero-order valence-corrected chi connectivity index (χ0v) is 11.9. The smallest absolute Gasteiger partial charge is 0.342 e. The largest absolute Gasteiger partial charge is 0.462 e. The quantitative estimate of drug-likeness (QED) is 0.344. The second kappa shape index (κ2) is 7.33. The molecule has 0 aromatic carbocycles. The molecule has 0 atom stereocenters. The van der Waals surface area contributed by atoms with E-state index in [2.05, 4.69) is 33.6 Å². The van der Waals surface area contributed by atoms with E-state index in [1.807, 2.05) is 0 Å². The van der Waals surface area contributed by atoms with Gasteiger partial charge in [-0.1, -0.05) is 0 Å². The summed E-state index contributed by atoms with van der Waals surface area (Å²) in [5, 5.41) is 3.99. The molecule has 1 aromatic heterocycles. The SMILES string of the molecule is C#CCCCCCOC(=O)c1cnn(C)c1I. The summed E-state index contributed by atoms with van der Waals surface area (Å²) in [5.74, 6) is 2.28. The highest BCUT2D eigenvalue weighted by molar-refractivity contribution is 14.1. The van der Waals surface area contributed by atoms with E-state index in [4.69, 9.17) is 11.2 Å². The Balaban J connectivity index is 2.27. The summed E-state index contributed by atoms with van der Waals surface area (Å²) in [6.45, 7) is 0.439. The lowest BCUT2D eigenvalue weighted by Gasteiger charge is -2.03. The normalized spacial score (nSPS) is 9.94. The number of unbranched alkanes of at least 4 members (excludes halogenated alkanes) is 3. The Morgan fingerprint density at radius 2 is 2.35 bits per heavy atom. The van der Waals surface area contributed by atoms with Gasteiger partial charge >= 0.3 is 5.97 Å². The molecule has 0 unspecified atom stereocenters. The maximum Gasteiger partial charge on any atom is 0.342 e. The van der Waals surface area contributed by atoms with Crippen molar-refractivity contribution in [1.29, 1.82) is 0 Å². The van der Waals surface area contributed by atoms with Gasteiger partial charge in [-0.05, 0) is 41.9 Å². The molecule has 0 N–H and O–H groups in total. The molecule has 4 nitrogen and oxygen atoms in total. The van der Waals surface area contributed by atoms with Gasteiger partial charge in [-0.15, -0.1) is 12.3 Å². The fraction of sp³-hybridized carbons (Fsp3) is 0.500. The van der Waals surface area contributed by atoms with Crippen molar-refractivity contribution in [3.05, 3.63) is 15.5 Å². The lowest BCUT2D eigenvalue weighted by Crippen LogP contribution is -2.08. The van der Waals surface area contributed by atoms with Crippen molar-refractivity contribution in [2.75, 3.05) is 6.61 Å². The predicted molar refractivity (Wildman–Crippen MR) is 73.5 cm³/mol. The molecule has 0 aliphatic rings. The van der Waals surface area contributed by atoms with Gasteiger partial charge in [0.05, 0.1) is 12.8 Å². The molecule has 0 spiro atoms. The molecule has 1 rings (SSSR count). The monoisotopic (exact) mass is 346 g/mol. The van der Waals surface area contributed by atoms with Crippen molar-refractivity contribution in [3.63, 3.8) is 0 Å². The molecular formula is C12H15IN2O2.